The van der Waals surface area contributed by atoms with E-state index in [1.54, 1.807) is 0 Å². The van der Waals surface area contributed by atoms with E-state index in [1.807, 2.05) is 11.3 Å². The van der Waals surface area contributed by atoms with Crippen molar-refractivity contribution >= 4 is 11.3 Å². The number of hydrogen-bond acceptors (Lipinski definition) is 2. The summed E-state index contributed by atoms with van der Waals surface area (Å²) >= 11 is 1.82. The van der Waals surface area contributed by atoms with E-state index in [-0.39, 0.29) is 5.54 Å². The van der Waals surface area contributed by atoms with E-state index in [0.717, 1.165) is 5.92 Å². The Balaban J connectivity index is 2.22. The van der Waals surface area contributed by atoms with Crippen molar-refractivity contribution in [2.45, 2.75) is 45.1 Å². The Morgan fingerprint density at radius 2 is 2.43 bits per heavy atom. The summed E-state index contributed by atoms with van der Waals surface area (Å²) in [6.45, 7) is 4.46. The third-order valence-corrected chi connectivity index (χ3v) is 4.47. The molecule has 2 heteroatoms. The SMILES string of the molecule is CCC1CCC(N)(c2ccsc2C)C1. The molecule has 1 aromatic heterocycles. The van der Waals surface area contributed by atoms with Gasteiger partial charge in [-0.2, -0.15) is 0 Å². The van der Waals surface area contributed by atoms with Crippen LogP contribution >= 0.6 is 11.3 Å². The van der Waals surface area contributed by atoms with Gasteiger partial charge in [0, 0.05) is 10.4 Å². The molecule has 0 spiro atoms. The van der Waals surface area contributed by atoms with Gasteiger partial charge in [-0.05, 0) is 49.1 Å². The standard InChI is InChI=1S/C12H19NS/c1-3-10-4-6-12(13,8-10)11-5-7-14-9(11)2/h5,7,10H,3-4,6,8,13H2,1-2H3. The lowest BCUT2D eigenvalue weighted by Crippen LogP contribution is -2.33. The molecule has 0 radical (unpaired) electrons. The molecule has 14 heavy (non-hydrogen) atoms. The van der Waals surface area contributed by atoms with E-state index in [2.05, 4.69) is 25.3 Å². The average Bonchev–Trinajstić information content (AvgIpc) is 2.73. The van der Waals surface area contributed by atoms with Crippen molar-refractivity contribution in [2.24, 2.45) is 11.7 Å². The van der Waals surface area contributed by atoms with Gasteiger partial charge in [-0.15, -0.1) is 11.3 Å². The zero-order valence-corrected chi connectivity index (χ0v) is 9.86. The molecule has 1 saturated carbocycles. The van der Waals surface area contributed by atoms with Gasteiger partial charge in [-0.1, -0.05) is 13.3 Å². The first-order chi connectivity index (χ1) is 6.65. The average molecular weight is 209 g/mol. The summed E-state index contributed by atoms with van der Waals surface area (Å²) in [6.07, 6.45) is 4.94. The Kier molecular flexibility index (Phi) is 2.67. The second-order valence-corrected chi connectivity index (χ2v) is 5.68. The highest BCUT2D eigenvalue weighted by Gasteiger charge is 2.37. The molecule has 1 aliphatic rings. The first-order valence-electron chi connectivity index (χ1n) is 5.49. The van der Waals surface area contributed by atoms with E-state index < -0.39 is 0 Å². The highest BCUT2D eigenvalue weighted by molar-refractivity contribution is 7.10. The third-order valence-electron chi connectivity index (χ3n) is 3.62. The predicted octanol–water partition coefficient (Wildman–Crippen LogP) is 3.42. The normalized spacial score (nSPS) is 32.4. The van der Waals surface area contributed by atoms with Crippen LogP contribution in [0.15, 0.2) is 11.4 Å². The van der Waals surface area contributed by atoms with Crippen molar-refractivity contribution in [3.05, 3.63) is 21.9 Å². The number of thiophene rings is 1. The molecule has 0 bridgehead atoms. The summed E-state index contributed by atoms with van der Waals surface area (Å²) in [4.78, 5) is 1.41. The zero-order chi connectivity index (χ0) is 10.2. The smallest absolute Gasteiger partial charge is 0.0423 e. The van der Waals surface area contributed by atoms with E-state index in [9.17, 15) is 0 Å². The van der Waals surface area contributed by atoms with E-state index in [1.165, 1.54) is 36.1 Å². The first kappa shape index (κ1) is 10.2. The van der Waals surface area contributed by atoms with Crippen LogP contribution in [0.3, 0.4) is 0 Å². The maximum absolute atomic E-state index is 6.50. The number of nitrogens with two attached hydrogens (primary N) is 1. The summed E-state index contributed by atoms with van der Waals surface area (Å²) in [5.41, 5.74) is 7.89. The minimum atomic E-state index is -0.00917. The van der Waals surface area contributed by atoms with Crippen molar-refractivity contribution in [3.8, 4) is 0 Å². The fraction of sp³-hybridized carbons (Fsp3) is 0.667. The van der Waals surface area contributed by atoms with Crippen LogP contribution in [0.5, 0.6) is 0 Å². The maximum Gasteiger partial charge on any atom is 0.0423 e. The zero-order valence-electron chi connectivity index (χ0n) is 9.05. The number of hydrogen-bond donors (Lipinski definition) is 1. The molecule has 1 aromatic rings. The summed E-state index contributed by atoms with van der Waals surface area (Å²) in [7, 11) is 0. The maximum atomic E-state index is 6.50. The second-order valence-electron chi connectivity index (χ2n) is 4.56. The van der Waals surface area contributed by atoms with E-state index in [4.69, 9.17) is 5.73 Å². The largest absolute Gasteiger partial charge is 0.321 e. The van der Waals surface area contributed by atoms with Crippen molar-refractivity contribution < 1.29 is 0 Å². The molecule has 2 rings (SSSR count). The molecule has 1 heterocycles. The summed E-state index contributed by atoms with van der Waals surface area (Å²) in [6, 6.07) is 2.22. The Hall–Kier alpha value is -0.340. The van der Waals surface area contributed by atoms with Crippen LogP contribution in [-0.2, 0) is 5.54 Å². The minimum absolute atomic E-state index is 0.00917. The van der Waals surface area contributed by atoms with Crippen molar-refractivity contribution in [2.75, 3.05) is 0 Å². The van der Waals surface area contributed by atoms with Crippen LogP contribution in [-0.4, -0.2) is 0 Å². The molecular weight excluding hydrogens is 190 g/mol. The molecule has 1 nitrogen and oxygen atoms in total. The topological polar surface area (TPSA) is 26.0 Å². The number of aryl methyl sites for hydroxylation is 1. The van der Waals surface area contributed by atoms with Gasteiger partial charge in [0.05, 0.1) is 0 Å². The van der Waals surface area contributed by atoms with Gasteiger partial charge in [-0.3, -0.25) is 0 Å². The Bertz CT molecular complexity index is 318. The van der Waals surface area contributed by atoms with Gasteiger partial charge >= 0.3 is 0 Å². The molecule has 2 unspecified atom stereocenters. The van der Waals surface area contributed by atoms with Gasteiger partial charge < -0.3 is 5.73 Å². The summed E-state index contributed by atoms with van der Waals surface area (Å²) < 4.78 is 0. The summed E-state index contributed by atoms with van der Waals surface area (Å²) in [5, 5.41) is 2.17. The molecule has 0 aliphatic heterocycles. The second kappa shape index (κ2) is 3.67. The van der Waals surface area contributed by atoms with Crippen LogP contribution < -0.4 is 5.73 Å². The molecule has 0 saturated heterocycles. The molecule has 78 valence electrons. The van der Waals surface area contributed by atoms with E-state index >= 15 is 0 Å². The number of rotatable bonds is 2. The molecule has 2 N–H and O–H groups in total. The Morgan fingerprint density at radius 1 is 1.64 bits per heavy atom. The van der Waals surface area contributed by atoms with Crippen LogP contribution in [0.25, 0.3) is 0 Å². The monoisotopic (exact) mass is 209 g/mol. The minimum Gasteiger partial charge on any atom is -0.321 e. The van der Waals surface area contributed by atoms with Gasteiger partial charge in [0.15, 0.2) is 0 Å². The highest BCUT2D eigenvalue weighted by atomic mass is 32.1. The molecular formula is C12H19NS. The Labute approximate surface area is 90.3 Å². The Morgan fingerprint density at radius 3 is 2.93 bits per heavy atom. The van der Waals surface area contributed by atoms with Crippen LogP contribution in [0.4, 0.5) is 0 Å². The molecule has 1 fully saturated rings. The molecule has 2 atom stereocenters. The van der Waals surface area contributed by atoms with Crippen molar-refractivity contribution in [3.63, 3.8) is 0 Å². The lowest BCUT2D eigenvalue weighted by molar-refractivity contribution is 0.424. The van der Waals surface area contributed by atoms with Crippen molar-refractivity contribution in [1.82, 2.24) is 0 Å². The fourth-order valence-corrected chi connectivity index (χ4v) is 3.48. The predicted molar refractivity (Wildman–Crippen MR) is 62.6 cm³/mol. The lowest BCUT2D eigenvalue weighted by atomic mass is 9.88. The first-order valence-corrected chi connectivity index (χ1v) is 6.37. The van der Waals surface area contributed by atoms with Crippen molar-refractivity contribution in [1.29, 1.82) is 0 Å². The highest BCUT2D eigenvalue weighted by Crippen LogP contribution is 2.43. The van der Waals surface area contributed by atoms with E-state index in [0.29, 0.717) is 0 Å². The van der Waals surface area contributed by atoms with Gasteiger partial charge in [0.1, 0.15) is 0 Å². The van der Waals surface area contributed by atoms with Gasteiger partial charge in [0.2, 0.25) is 0 Å². The third kappa shape index (κ3) is 1.61. The van der Waals surface area contributed by atoms with Gasteiger partial charge in [0.25, 0.3) is 0 Å². The van der Waals surface area contributed by atoms with Crippen LogP contribution in [0.1, 0.15) is 43.0 Å². The van der Waals surface area contributed by atoms with Crippen LogP contribution in [0, 0.1) is 12.8 Å². The fourth-order valence-electron chi connectivity index (χ4n) is 2.68. The molecule has 1 aliphatic carbocycles. The van der Waals surface area contributed by atoms with Gasteiger partial charge in [-0.25, -0.2) is 0 Å². The van der Waals surface area contributed by atoms with Crippen LogP contribution in [0.2, 0.25) is 0 Å². The quantitative estimate of drug-likeness (QED) is 0.793. The lowest BCUT2D eigenvalue weighted by Gasteiger charge is -2.24. The molecule has 0 aromatic carbocycles. The molecule has 0 amide bonds. The summed E-state index contributed by atoms with van der Waals surface area (Å²) in [5.74, 6) is 0.847.